The molecule has 29 heavy (non-hydrogen) atoms. The fourth-order valence-corrected chi connectivity index (χ4v) is 4.70. The summed E-state index contributed by atoms with van der Waals surface area (Å²) in [5, 5.41) is 6.54. The number of carbonyl (C=O) groups excluding carboxylic acids is 1. The fraction of sp³-hybridized carbons (Fsp3) is 0.579. The van der Waals surface area contributed by atoms with Crippen molar-refractivity contribution in [3.05, 3.63) is 29.8 Å². The van der Waals surface area contributed by atoms with Gasteiger partial charge in [-0.05, 0) is 24.1 Å². The minimum absolute atomic E-state index is 0. The van der Waals surface area contributed by atoms with Crippen LogP contribution in [-0.2, 0) is 21.2 Å². The highest BCUT2D eigenvalue weighted by Crippen LogP contribution is 2.21. The van der Waals surface area contributed by atoms with Crippen molar-refractivity contribution in [3.8, 4) is 0 Å². The Morgan fingerprint density at radius 1 is 1.10 bits per heavy atom. The van der Waals surface area contributed by atoms with E-state index in [0.29, 0.717) is 38.6 Å². The van der Waals surface area contributed by atoms with E-state index in [4.69, 9.17) is 0 Å². The van der Waals surface area contributed by atoms with E-state index in [0.717, 1.165) is 30.8 Å². The monoisotopic (exact) mass is 535 g/mol. The van der Waals surface area contributed by atoms with E-state index in [9.17, 15) is 13.2 Å². The topological polar surface area (TPSA) is 94.1 Å². The van der Waals surface area contributed by atoms with E-state index in [1.807, 2.05) is 29.2 Å². The van der Waals surface area contributed by atoms with E-state index in [1.165, 1.54) is 0 Å². The van der Waals surface area contributed by atoms with Crippen LogP contribution < -0.4 is 15.5 Å². The van der Waals surface area contributed by atoms with Gasteiger partial charge in [0, 0.05) is 58.4 Å². The third-order valence-electron chi connectivity index (χ3n) is 5.16. The molecule has 2 saturated heterocycles. The maximum Gasteiger partial charge on any atom is 0.227 e. The summed E-state index contributed by atoms with van der Waals surface area (Å²) in [7, 11) is -1.11. The van der Waals surface area contributed by atoms with Crippen molar-refractivity contribution in [2.45, 2.75) is 19.4 Å². The number of sulfone groups is 1. The van der Waals surface area contributed by atoms with Crippen LogP contribution in [0.15, 0.2) is 29.3 Å². The summed E-state index contributed by atoms with van der Waals surface area (Å²) < 4.78 is 22.9. The lowest BCUT2D eigenvalue weighted by atomic mass is 10.2. The van der Waals surface area contributed by atoms with E-state index >= 15 is 0 Å². The third kappa shape index (κ3) is 7.10. The second-order valence-corrected chi connectivity index (χ2v) is 9.47. The van der Waals surface area contributed by atoms with Crippen molar-refractivity contribution in [3.63, 3.8) is 0 Å². The van der Waals surface area contributed by atoms with Crippen molar-refractivity contribution in [2.75, 3.05) is 56.2 Å². The first-order chi connectivity index (χ1) is 13.5. The predicted molar refractivity (Wildman–Crippen MR) is 127 cm³/mol. The van der Waals surface area contributed by atoms with Crippen LogP contribution in [0, 0.1) is 0 Å². The van der Waals surface area contributed by atoms with E-state index < -0.39 is 9.84 Å². The number of carbonyl (C=O) groups is 1. The van der Waals surface area contributed by atoms with Gasteiger partial charge < -0.3 is 15.5 Å². The highest BCUT2D eigenvalue weighted by atomic mass is 127. The number of rotatable bonds is 6. The number of nitrogens with zero attached hydrogens (tertiary/aromatic N) is 3. The molecule has 0 saturated carbocycles. The van der Waals surface area contributed by atoms with Crippen molar-refractivity contribution < 1.29 is 13.2 Å². The lowest BCUT2D eigenvalue weighted by Crippen LogP contribution is -2.45. The van der Waals surface area contributed by atoms with Crippen LogP contribution in [0.25, 0.3) is 0 Å². The van der Waals surface area contributed by atoms with Gasteiger partial charge in [0.2, 0.25) is 5.91 Å². The van der Waals surface area contributed by atoms with Crippen LogP contribution in [0.1, 0.15) is 18.4 Å². The molecule has 2 N–H and O–H groups in total. The van der Waals surface area contributed by atoms with E-state index in [2.05, 4.69) is 20.5 Å². The number of halogens is 1. The zero-order chi connectivity index (χ0) is 20.0. The smallest absolute Gasteiger partial charge is 0.227 e. The SMILES string of the molecule is CN=C(NCCN1CCS(=O)(=O)CC1)NCc1ccc(N2CCCC2=O)cc1.I. The largest absolute Gasteiger partial charge is 0.355 e. The summed E-state index contributed by atoms with van der Waals surface area (Å²) in [5.74, 6) is 1.41. The predicted octanol–water partition coefficient (Wildman–Crippen LogP) is 0.827. The lowest BCUT2D eigenvalue weighted by Gasteiger charge is -2.26. The number of hydrogen-bond donors (Lipinski definition) is 2. The maximum atomic E-state index is 11.8. The second kappa shape index (κ2) is 11.1. The number of guanidine groups is 1. The number of benzene rings is 1. The van der Waals surface area contributed by atoms with Crippen LogP contribution in [0.4, 0.5) is 5.69 Å². The molecule has 1 aromatic carbocycles. The molecule has 0 radical (unpaired) electrons. The normalized spacial score (nSPS) is 19.7. The average molecular weight is 535 g/mol. The molecule has 0 aromatic heterocycles. The number of anilines is 1. The summed E-state index contributed by atoms with van der Waals surface area (Å²) in [5.41, 5.74) is 2.07. The van der Waals surface area contributed by atoms with Crippen molar-refractivity contribution in [1.29, 1.82) is 0 Å². The standard InChI is InChI=1S/C19H29N5O3S.HI/c1-20-19(21-8-10-23-11-13-28(26,27)14-12-23)22-15-16-4-6-17(7-5-16)24-9-2-3-18(24)25;/h4-7H,2-3,8-15H2,1H3,(H2,20,21,22);1H. The quantitative estimate of drug-likeness (QED) is 0.319. The number of nitrogens with one attached hydrogen (secondary N) is 2. The number of aliphatic imine (C=N–C) groups is 1. The van der Waals surface area contributed by atoms with Gasteiger partial charge in [-0.2, -0.15) is 0 Å². The van der Waals surface area contributed by atoms with Gasteiger partial charge in [-0.3, -0.25) is 14.7 Å². The molecule has 10 heteroatoms. The minimum Gasteiger partial charge on any atom is -0.355 e. The molecule has 0 bridgehead atoms. The molecule has 1 amide bonds. The van der Waals surface area contributed by atoms with Crippen LogP contribution in [0.5, 0.6) is 0 Å². The molecular weight excluding hydrogens is 505 g/mol. The van der Waals surface area contributed by atoms with Gasteiger partial charge in [-0.1, -0.05) is 12.1 Å². The molecule has 2 fully saturated rings. The summed E-state index contributed by atoms with van der Waals surface area (Å²) in [6.45, 7) is 4.13. The van der Waals surface area contributed by atoms with Gasteiger partial charge in [0.25, 0.3) is 0 Å². The highest BCUT2D eigenvalue weighted by Gasteiger charge is 2.22. The maximum absolute atomic E-state index is 11.8. The van der Waals surface area contributed by atoms with Crippen LogP contribution in [-0.4, -0.2) is 76.5 Å². The van der Waals surface area contributed by atoms with Crippen molar-refractivity contribution in [2.24, 2.45) is 4.99 Å². The third-order valence-corrected chi connectivity index (χ3v) is 6.77. The van der Waals surface area contributed by atoms with Gasteiger partial charge in [0.1, 0.15) is 0 Å². The summed E-state index contributed by atoms with van der Waals surface area (Å²) in [4.78, 5) is 20.0. The zero-order valence-corrected chi connectivity index (χ0v) is 19.9. The molecule has 0 atom stereocenters. The van der Waals surface area contributed by atoms with Crippen LogP contribution in [0.3, 0.4) is 0 Å². The summed E-state index contributed by atoms with van der Waals surface area (Å²) >= 11 is 0. The Morgan fingerprint density at radius 3 is 2.38 bits per heavy atom. The molecule has 2 aliphatic rings. The molecular formula is C19H30IN5O3S. The molecule has 0 aliphatic carbocycles. The lowest BCUT2D eigenvalue weighted by molar-refractivity contribution is -0.117. The first kappa shape index (κ1) is 23.9. The van der Waals surface area contributed by atoms with Crippen molar-refractivity contribution >= 4 is 51.4 Å². The fourth-order valence-electron chi connectivity index (χ4n) is 3.43. The Labute approximate surface area is 190 Å². The van der Waals surface area contributed by atoms with E-state index in [1.54, 1.807) is 7.05 Å². The molecule has 2 heterocycles. The van der Waals surface area contributed by atoms with Gasteiger partial charge in [0.15, 0.2) is 15.8 Å². The second-order valence-electron chi connectivity index (χ2n) is 7.16. The average Bonchev–Trinajstić information content (AvgIpc) is 3.12. The van der Waals surface area contributed by atoms with Gasteiger partial charge in [-0.15, -0.1) is 24.0 Å². The van der Waals surface area contributed by atoms with Crippen LogP contribution >= 0.6 is 24.0 Å². The highest BCUT2D eigenvalue weighted by molar-refractivity contribution is 14.0. The Morgan fingerprint density at radius 2 is 1.79 bits per heavy atom. The molecule has 162 valence electrons. The molecule has 8 nitrogen and oxygen atoms in total. The molecule has 0 spiro atoms. The Hall–Kier alpha value is -1.40. The molecule has 2 aliphatic heterocycles. The Balaban J connectivity index is 0.00000300. The van der Waals surface area contributed by atoms with Crippen LogP contribution in [0.2, 0.25) is 0 Å². The molecule has 1 aromatic rings. The number of hydrogen-bond acceptors (Lipinski definition) is 5. The first-order valence-electron chi connectivity index (χ1n) is 9.73. The van der Waals surface area contributed by atoms with Gasteiger partial charge in [-0.25, -0.2) is 8.42 Å². The van der Waals surface area contributed by atoms with E-state index in [-0.39, 0.29) is 41.4 Å². The van der Waals surface area contributed by atoms with Gasteiger partial charge in [0.05, 0.1) is 11.5 Å². The Kier molecular flexibility index (Phi) is 9.15. The molecule has 0 unspecified atom stereocenters. The zero-order valence-electron chi connectivity index (χ0n) is 16.8. The van der Waals surface area contributed by atoms with Gasteiger partial charge >= 0.3 is 0 Å². The molecule has 3 rings (SSSR count). The minimum atomic E-state index is -2.83. The number of amides is 1. The summed E-state index contributed by atoms with van der Waals surface area (Å²) in [6, 6.07) is 8.02. The van der Waals surface area contributed by atoms with Crippen molar-refractivity contribution in [1.82, 2.24) is 15.5 Å². The summed E-state index contributed by atoms with van der Waals surface area (Å²) in [6.07, 6.45) is 1.57. The first-order valence-corrected chi connectivity index (χ1v) is 11.6. The Bertz CT molecular complexity index is 800.